The smallest absolute Gasteiger partial charge is 0.220 e. The Morgan fingerprint density at radius 2 is 1.90 bits per heavy atom. The predicted octanol–water partition coefficient (Wildman–Crippen LogP) is 1.97. The first kappa shape index (κ1) is 15.0. The van der Waals surface area contributed by atoms with Gasteiger partial charge in [-0.25, -0.2) is 0 Å². The van der Waals surface area contributed by atoms with E-state index in [1.807, 2.05) is 6.07 Å². The van der Waals surface area contributed by atoms with Crippen LogP contribution in [0.2, 0.25) is 0 Å². The first-order chi connectivity index (χ1) is 9.70. The molecule has 0 atom stereocenters. The Hall–Kier alpha value is -1.39. The van der Waals surface area contributed by atoms with Gasteiger partial charge in [-0.15, -0.1) is 0 Å². The second-order valence-electron chi connectivity index (χ2n) is 5.53. The Kier molecular flexibility index (Phi) is 5.56. The molecule has 0 saturated heterocycles. The lowest BCUT2D eigenvalue weighted by molar-refractivity contribution is -0.122. The summed E-state index contributed by atoms with van der Waals surface area (Å²) in [6, 6.07) is 8.82. The van der Waals surface area contributed by atoms with Gasteiger partial charge in [0, 0.05) is 25.6 Å². The van der Waals surface area contributed by atoms with Gasteiger partial charge in [-0.1, -0.05) is 24.3 Å². The third kappa shape index (κ3) is 4.05. The average Bonchev–Trinajstić information content (AvgIpc) is 2.47. The van der Waals surface area contributed by atoms with Gasteiger partial charge in [0.1, 0.15) is 0 Å². The molecule has 1 saturated carbocycles. The summed E-state index contributed by atoms with van der Waals surface area (Å²) in [7, 11) is 1.72. The maximum Gasteiger partial charge on any atom is 0.220 e. The summed E-state index contributed by atoms with van der Waals surface area (Å²) >= 11 is 0. The molecule has 0 bridgehead atoms. The van der Waals surface area contributed by atoms with Gasteiger partial charge in [0.15, 0.2) is 0 Å². The normalized spacial score (nSPS) is 22.6. The monoisotopic (exact) mass is 276 g/mol. The Bertz CT molecular complexity index is 440. The number of nitrogens with two attached hydrogens (primary N) is 1. The number of ether oxygens (including phenoxy) is 1. The number of carbonyl (C=O) groups excluding carboxylic acids is 1. The van der Waals surface area contributed by atoms with Crippen molar-refractivity contribution >= 4 is 5.91 Å². The summed E-state index contributed by atoms with van der Waals surface area (Å²) in [5.41, 5.74) is 7.87. The maximum absolute atomic E-state index is 11.1. The Balaban J connectivity index is 1.83. The highest BCUT2D eigenvalue weighted by molar-refractivity contribution is 5.76. The van der Waals surface area contributed by atoms with Gasteiger partial charge < -0.3 is 15.8 Å². The molecular weight excluding hydrogens is 252 g/mol. The van der Waals surface area contributed by atoms with Gasteiger partial charge in [0.25, 0.3) is 0 Å². The second-order valence-corrected chi connectivity index (χ2v) is 5.53. The van der Waals surface area contributed by atoms with E-state index < -0.39 is 0 Å². The molecule has 0 aliphatic heterocycles. The summed E-state index contributed by atoms with van der Waals surface area (Å²) in [4.78, 5) is 11.1. The van der Waals surface area contributed by atoms with Crippen molar-refractivity contribution in [1.29, 1.82) is 0 Å². The predicted molar refractivity (Wildman–Crippen MR) is 78.9 cm³/mol. The van der Waals surface area contributed by atoms with Gasteiger partial charge in [-0.05, 0) is 36.8 Å². The molecule has 1 amide bonds. The SMILES string of the molecule is COCc1ccccc1CNC1CCC(C(N)=O)CC1. The van der Waals surface area contributed by atoms with E-state index in [-0.39, 0.29) is 11.8 Å². The van der Waals surface area contributed by atoms with Crippen LogP contribution in [0.5, 0.6) is 0 Å². The van der Waals surface area contributed by atoms with Crippen molar-refractivity contribution in [3.8, 4) is 0 Å². The minimum absolute atomic E-state index is 0.0776. The summed E-state index contributed by atoms with van der Waals surface area (Å²) in [5, 5.41) is 3.59. The fourth-order valence-electron chi connectivity index (χ4n) is 2.86. The van der Waals surface area contributed by atoms with Gasteiger partial charge in [0.2, 0.25) is 5.91 Å². The summed E-state index contributed by atoms with van der Waals surface area (Å²) in [5.74, 6) is -0.0669. The van der Waals surface area contributed by atoms with E-state index in [0.29, 0.717) is 12.6 Å². The zero-order valence-electron chi connectivity index (χ0n) is 12.1. The molecule has 4 heteroatoms. The third-order valence-corrected chi connectivity index (χ3v) is 4.13. The van der Waals surface area contributed by atoms with Crippen LogP contribution in [0.1, 0.15) is 36.8 Å². The van der Waals surface area contributed by atoms with Crippen molar-refractivity contribution in [3.63, 3.8) is 0 Å². The van der Waals surface area contributed by atoms with E-state index in [2.05, 4.69) is 23.5 Å². The summed E-state index contributed by atoms with van der Waals surface area (Å²) in [6.45, 7) is 1.50. The molecule has 0 spiro atoms. The van der Waals surface area contributed by atoms with Crippen molar-refractivity contribution in [2.75, 3.05) is 7.11 Å². The first-order valence-electron chi connectivity index (χ1n) is 7.29. The Morgan fingerprint density at radius 1 is 1.25 bits per heavy atom. The minimum Gasteiger partial charge on any atom is -0.380 e. The second kappa shape index (κ2) is 7.41. The molecule has 1 aromatic carbocycles. The highest BCUT2D eigenvalue weighted by Gasteiger charge is 2.24. The molecule has 1 aromatic rings. The van der Waals surface area contributed by atoms with Gasteiger partial charge in [-0.3, -0.25) is 4.79 Å². The van der Waals surface area contributed by atoms with E-state index in [0.717, 1.165) is 32.2 Å². The van der Waals surface area contributed by atoms with Crippen molar-refractivity contribution in [2.45, 2.75) is 44.9 Å². The zero-order valence-corrected chi connectivity index (χ0v) is 12.1. The number of benzene rings is 1. The molecule has 1 aliphatic carbocycles. The number of methoxy groups -OCH3 is 1. The number of carbonyl (C=O) groups is 1. The zero-order chi connectivity index (χ0) is 14.4. The van der Waals surface area contributed by atoms with Crippen LogP contribution in [-0.2, 0) is 22.7 Å². The van der Waals surface area contributed by atoms with Gasteiger partial charge in [-0.2, -0.15) is 0 Å². The molecular formula is C16H24N2O2. The molecule has 1 fully saturated rings. The van der Waals surface area contributed by atoms with Gasteiger partial charge >= 0.3 is 0 Å². The fraction of sp³-hybridized carbons (Fsp3) is 0.562. The highest BCUT2D eigenvalue weighted by Crippen LogP contribution is 2.24. The third-order valence-electron chi connectivity index (χ3n) is 4.13. The Labute approximate surface area is 120 Å². The number of hydrogen-bond donors (Lipinski definition) is 2. The molecule has 0 aromatic heterocycles. The number of amides is 1. The van der Waals surface area contributed by atoms with E-state index in [9.17, 15) is 4.79 Å². The van der Waals surface area contributed by atoms with Crippen molar-refractivity contribution in [3.05, 3.63) is 35.4 Å². The quantitative estimate of drug-likeness (QED) is 0.835. The highest BCUT2D eigenvalue weighted by atomic mass is 16.5. The van der Waals surface area contributed by atoms with Crippen LogP contribution in [-0.4, -0.2) is 19.1 Å². The van der Waals surface area contributed by atoms with E-state index in [1.54, 1.807) is 7.11 Å². The lowest BCUT2D eigenvalue weighted by atomic mass is 9.85. The molecule has 1 aliphatic rings. The van der Waals surface area contributed by atoms with Crippen molar-refractivity contribution in [2.24, 2.45) is 11.7 Å². The van der Waals surface area contributed by atoms with Crippen molar-refractivity contribution in [1.82, 2.24) is 5.32 Å². The van der Waals surface area contributed by atoms with E-state index >= 15 is 0 Å². The maximum atomic E-state index is 11.1. The fourth-order valence-corrected chi connectivity index (χ4v) is 2.86. The van der Waals surface area contributed by atoms with E-state index in [1.165, 1.54) is 11.1 Å². The van der Waals surface area contributed by atoms with Crippen LogP contribution in [0.25, 0.3) is 0 Å². The van der Waals surface area contributed by atoms with Gasteiger partial charge in [0.05, 0.1) is 6.61 Å². The molecule has 0 unspecified atom stereocenters. The van der Waals surface area contributed by atoms with Crippen molar-refractivity contribution < 1.29 is 9.53 Å². The van der Waals surface area contributed by atoms with Crippen LogP contribution < -0.4 is 11.1 Å². The average molecular weight is 276 g/mol. The molecule has 2 rings (SSSR count). The number of rotatable bonds is 6. The summed E-state index contributed by atoms with van der Waals surface area (Å²) < 4.78 is 5.22. The largest absolute Gasteiger partial charge is 0.380 e. The van der Waals surface area contributed by atoms with E-state index in [4.69, 9.17) is 10.5 Å². The van der Waals surface area contributed by atoms with Crippen LogP contribution in [0.4, 0.5) is 0 Å². The number of hydrogen-bond acceptors (Lipinski definition) is 3. The Morgan fingerprint density at radius 3 is 2.50 bits per heavy atom. The molecule has 110 valence electrons. The van der Waals surface area contributed by atoms with Crippen LogP contribution in [0.3, 0.4) is 0 Å². The topological polar surface area (TPSA) is 64.3 Å². The number of primary amides is 1. The molecule has 3 N–H and O–H groups in total. The minimum atomic E-state index is -0.145. The lowest BCUT2D eigenvalue weighted by Gasteiger charge is -2.27. The van der Waals surface area contributed by atoms with Crippen LogP contribution in [0.15, 0.2) is 24.3 Å². The molecule has 0 heterocycles. The molecule has 4 nitrogen and oxygen atoms in total. The number of nitrogens with one attached hydrogen (secondary N) is 1. The van der Waals surface area contributed by atoms with Crippen LogP contribution in [0, 0.1) is 5.92 Å². The first-order valence-corrected chi connectivity index (χ1v) is 7.29. The molecule has 20 heavy (non-hydrogen) atoms. The summed E-state index contributed by atoms with van der Waals surface area (Å²) in [6.07, 6.45) is 3.87. The lowest BCUT2D eigenvalue weighted by Crippen LogP contribution is -2.36. The molecule has 0 radical (unpaired) electrons. The van der Waals surface area contributed by atoms with Crippen LogP contribution >= 0.6 is 0 Å². The standard InChI is InChI=1S/C16H24N2O2/c1-20-11-14-5-3-2-4-13(14)10-18-15-8-6-12(7-9-15)16(17)19/h2-5,12,15,18H,6-11H2,1H3,(H2,17,19).